The van der Waals surface area contributed by atoms with E-state index in [9.17, 15) is 19.8 Å². The maximum atomic E-state index is 11.9. The van der Waals surface area contributed by atoms with E-state index in [4.69, 9.17) is 9.47 Å². The number of esters is 2. The molecule has 6 heteroatoms. The second-order valence-corrected chi connectivity index (χ2v) is 11.1. The molecule has 0 aromatic rings. The SMILES string of the molecule is CCCCC/C=C\C[C@@H](O)/C=C/C=C\C/C=C\CCCC(=O)OC[C@H](O)COC(=O)CCCCCCCCCCCC. The van der Waals surface area contributed by atoms with Crippen LogP contribution in [0.3, 0.4) is 0 Å². The van der Waals surface area contributed by atoms with Crippen molar-refractivity contribution in [3.63, 3.8) is 0 Å². The largest absolute Gasteiger partial charge is 0.463 e. The van der Waals surface area contributed by atoms with Crippen LogP contribution in [0.5, 0.6) is 0 Å². The Balaban J connectivity index is 3.66. The number of carbonyl (C=O) groups is 2. The van der Waals surface area contributed by atoms with Crippen LogP contribution in [-0.4, -0.2) is 47.6 Å². The first-order valence-electron chi connectivity index (χ1n) is 16.8. The Hall–Kier alpha value is -2.18. The number of allylic oxidation sites excluding steroid dienone is 6. The Kier molecular flexibility index (Phi) is 30.1. The fraction of sp³-hybridized carbons (Fsp3) is 0.722. The zero-order chi connectivity index (χ0) is 30.9. The minimum absolute atomic E-state index is 0.148. The summed E-state index contributed by atoms with van der Waals surface area (Å²) in [4.78, 5) is 23.7. The molecule has 42 heavy (non-hydrogen) atoms. The summed E-state index contributed by atoms with van der Waals surface area (Å²) < 4.78 is 10.2. The molecule has 0 aromatic heterocycles. The number of aliphatic hydroxyl groups is 2. The molecule has 0 aliphatic rings. The van der Waals surface area contributed by atoms with Crippen LogP contribution >= 0.6 is 0 Å². The zero-order valence-corrected chi connectivity index (χ0v) is 26.9. The van der Waals surface area contributed by atoms with Crippen molar-refractivity contribution in [2.75, 3.05) is 13.2 Å². The van der Waals surface area contributed by atoms with Crippen LogP contribution in [0.4, 0.5) is 0 Å². The van der Waals surface area contributed by atoms with Gasteiger partial charge in [0.05, 0.1) is 6.10 Å². The lowest BCUT2D eigenvalue weighted by Gasteiger charge is -2.12. The first-order chi connectivity index (χ1) is 20.5. The molecule has 0 aliphatic heterocycles. The topological polar surface area (TPSA) is 93.1 Å². The van der Waals surface area contributed by atoms with Crippen LogP contribution in [0.1, 0.15) is 142 Å². The Labute approximate surface area is 257 Å². The van der Waals surface area contributed by atoms with E-state index in [1.165, 1.54) is 64.2 Å². The van der Waals surface area contributed by atoms with Crippen molar-refractivity contribution in [2.24, 2.45) is 0 Å². The summed E-state index contributed by atoms with van der Waals surface area (Å²) in [6.07, 6.45) is 34.8. The normalized spacial score (nSPS) is 13.5. The standard InChI is InChI=1S/C36H62O6/c1-3-5-7-9-11-12-13-17-21-25-29-35(39)41-31-34(38)32-42-36(40)30-26-22-18-15-14-16-20-24-28-33(37)27-23-19-10-8-6-4-2/h15-16,18-20,23-24,28,33-34,37-38H,3-14,17,21-22,25-27,29-32H2,1-2H3/b18-15-,20-16-,23-19-,28-24+/t33-,34-/m1/s1. The minimum Gasteiger partial charge on any atom is -0.463 e. The Morgan fingerprint density at radius 2 is 1.12 bits per heavy atom. The predicted octanol–water partition coefficient (Wildman–Crippen LogP) is 8.86. The van der Waals surface area contributed by atoms with Crippen molar-refractivity contribution in [3.05, 3.63) is 48.6 Å². The summed E-state index contributed by atoms with van der Waals surface area (Å²) >= 11 is 0. The fourth-order valence-electron chi connectivity index (χ4n) is 4.28. The molecule has 6 nitrogen and oxygen atoms in total. The van der Waals surface area contributed by atoms with Crippen LogP contribution in [0, 0.1) is 0 Å². The van der Waals surface area contributed by atoms with Gasteiger partial charge in [-0.1, -0.05) is 133 Å². The van der Waals surface area contributed by atoms with Crippen LogP contribution in [0.25, 0.3) is 0 Å². The molecule has 0 saturated carbocycles. The van der Waals surface area contributed by atoms with Gasteiger partial charge in [-0.25, -0.2) is 0 Å². The molecule has 0 saturated heterocycles. The summed E-state index contributed by atoms with van der Waals surface area (Å²) in [6.45, 7) is 4.11. The summed E-state index contributed by atoms with van der Waals surface area (Å²) in [7, 11) is 0. The van der Waals surface area contributed by atoms with E-state index in [2.05, 4.69) is 19.9 Å². The molecule has 0 rings (SSSR count). The molecule has 0 aliphatic carbocycles. The van der Waals surface area contributed by atoms with Crippen LogP contribution < -0.4 is 0 Å². The van der Waals surface area contributed by atoms with Gasteiger partial charge in [0.2, 0.25) is 0 Å². The van der Waals surface area contributed by atoms with Gasteiger partial charge in [0.1, 0.15) is 19.3 Å². The smallest absolute Gasteiger partial charge is 0.305 e. The molecule has 0 radical (unpaired) electrons. The van der Waals surface area contributed by atoms with Gasteiger partial charge in [0.25, 0.3) is 0 Å². The molecule has 0 bridgehead atoms. The van der Waals surface area contributed by atoms with Crippen molar-refractivity contribution >= 4 is 11.9 Å². The summed E-state index contributed by atoms with van der Waals surface area (Å²) in [5.74, 6) is -0.672. The van der Waals surface area contributed by atoms with E-state index in [0.29, 0.717) is 19.3 Å². The third-order valence-electron chi connectivity index (χ3n) is 6.90. The highest BCUT2D eigenvalue weighted by atomic mass is 16.6. The highest BCUT2D eigenvalue weighted by Crippen LogP contribution is 2.11. The summed E-state index contributed by atoms with van der Waals surface area (Å²) in [6, 6.07) is 0. The lowest BCUT2D eigenvalue weighted by atomic mass is 10.1. The van der Waals surface area contributed by atoms with E-state index in [1.54, 1.807) is 6.08 Å². The predicted molar refractivity (Wildman–Crippen MR) is 174 cm³/mol. The van der Waals surface area contributed by atoms with Gasteiger partial charge < -0.3 is 19.7 Å². The Morgan fingerprint density at radius 1 is 0.595 bits per heavy atom. The average molecular weight is 591 g/mol. The third-order valence-corrected chi connectivity index (χ3v) is 6.90. The number of ether oxygens (including phenoxy) is 2. The fourth-order valence-corrected chi connectivity index (χ4v) is 4.28. The van der Waals surface area contributed by atoms with Gasteiger partial charge >= 0.3 is 11.9 Å². The molecule has 0 fully saturated rings. The zero-order valence-electron chi connectivity index (χ0n) is 26.9. The molecule has 2 atom stereocenters. The maximum Gasteiger partial charge on any atom is 0.305 e. The molecular formula is C36H62O6. The minimum atomic E-state index is -1.00. The molecule has 0 unspecified atom stereocenters. The van der Waals surface area contributed by atoms with Crippen molar-refractivity contribution in [1.29, 1.82) is 0 Å². The Morgan fingerprint density at radius 3 is 1.76 bits per heavy atom. The van der Waals surface area contributed by atoms with Crippen molar-refractivity contribution < 1.29 is 29.3 Å². The van der Waals surface area contributed by atoms with E-state index in [0.717, 1.165) is 38.5 Å². The first kappa shape index (κ1) is 39.8. The van der Waals surface area contributed by atoms with Gasteiger partial charge in [-0.2, -0.15) is 0 Å². The van der Waals surface area contributed by atoms with Gasteiger partial charge in [0, 0.05) is 12.8 Å². The van der Waals surface area contributed by atoms with Crippen molar-refractivity contribution in [3.8, 4) is 0 Å². The second kappa shape index (κ2) is 31.7. The second-order valence-electron chi connectivity index (χ2n) is 11.1. The van der Waals surface area contributed by atoms with E-state index in [1.807, 2.05) is 36.5 Å². The number of aliphatic hydroxyl groups excluding tert-OH is 2. The van der Waals surface area contributed by atoms with Gasteiger partial charge in [-0.3, -0.25) is 9.59 Å². The molecular weight excluding hydrogens is 528 g/mol. The van der Waals surface area contributed by atoms with Crippen molar-refractivity contribution in [2.45, 2.75) is 154 Å². The maximum absolute atomic E-state index is 11.9. The van der Waals surface area contributed by atoms with E-state index in [-0.39, 0.29) is 31.6 Å². The number of rotatable bonds is 29. The van der Waals surface area contributed by atoms with Gasteiger partial charge in [-0.15, -0.1) is 0 Å². The van der Waals surface area contributed by atoms with Crippen LogP contribution in [0.15, 0.2) is 48.6 Å². The lowest BCUT2D eigenvalue weighted by molar-refractivity contribution is -0.152. The van der Waals surface area contributed by atoms with Gasteiger partial charge in [-0.05, 0) is 44.9 Å². The highest BCUT2D eigenvalue weighted by Gasteiger charge is 2.11. The Bertz CT molecular complexity index is 739. The summed E-state index contributed by atoms with van der Waals surface area (Å²) in [5.41, 5.74) is 0. The van der Waals surface area contributed by atoms with E-state index < -0.39 is 12.2 Å². The molecule has 0 aromatic carbocycles. The van der Waals surface area contributed by atoms with Crippen LogP contribution in [-0.2, 0) is 19.1 Å². The molecule has 0 amide bonds. The van der Waals surface area contributed by atoms with Crippen LogP contribution in [0.2, 0.25) is 0 Å². The van der Waals surface area contributed by atoms with E-state index >= 15 is 0 Å². The van der Waals surface area contributed by atoms with Crippen molar-refractivity contribution in [1.82, 2.24) is 0 Å². The quantitative estimate of drug-likeness (QED) is 0.0391. The lowest BCUT2D eigenvalue weighted by Crippen LogP contribution is -2.25. The molecule has 2 N–H and O–H groups in total. The average Bonchev–Trinajstić information content (AvgIpc) is 2.98. The number of hydrogen-bond acceptors (Lipinski definition) is 6. The third kappa shape index (κ3) is 30.8. The number of unbranched alkanes of at least 4 members (excludes halogenated alkanes) is 13. The first-order valence-corrected chi connectivity index (χ1v) is 16.8. The molecule has 0 heterocycles. The highest BCUT2D eigenvalue weighted by molar-refractivity contribution is 5.69. The monoisotopic (exact) mass is 590 g/mol. The molecule has 0 spiro atoms. The van der Waals surface area contributed by atoms with Gasteiger partial charge in [0.15, 0.2) is 0 Å². The summed E-state index contributed by atoms with van der Waals surface area (Å²) in [5, 5.41) is 19.9. The molecule has 242 valence electrons. The number of carbonyl (C=O) groups excluding carboxylic acids is 2. The number of hydrogen-bond donors (Lipinski definition) is 2.